The third-order valence-corrected chi connectivity index (χ3v) is 2.30. The Bertz CT molecular complexity index is 628. The Balaban J connectivity index is 2.49. The molecule has 98 valence electrons. The Hall–Kier alpha value is -2.77. The zero-order chi connectivity index (χ0) is 14.0. The quantitative estimate of drug-likeness (QED) is 0.657. The van der Waals surface area contributed by atoms with Gasteiger partial charge in [-0.3, -0.25) is 10.1 Å². The highest BCUT2D eigenvalue weighted by Gasteiger charge is 2.18. The molecule has 0 fully saturated rings. The van der Waals surface area contributed by atoms with Crippen LogP contribution < -0.4 is 11.1 Å². The van der Waals surface area contributed by atoms with Crippen LogP contribution >= 0.6 is 0 Å². The first-order valence-electron chi connectivity index (χ1n) is 5.11. The van der Waals surface area contributed by atoms with E-state index < -0.39 is 27.9 Å². The van der Waals surface area contributed by atoms with Gasteiger partial charge in [-0.15, -0.1) is 0 Å². The van der Waals surface area contributed by atoms with Gasteiger partial charge in [-0.05, 0) is 18.2 Å². The fraction of sp³-hybridized carbons (Fsp3) is 0. The molecule has 0 saturated carbocycles. The smallest absolute Gasteiger partial charge is 0.311 e. The molecule has 0 aliphatic carbocycles. The Labute approximate surface area is 106 Å². The van der Waals surface area contributed by atoms with Gasteiger partial charge in [-0.1, -0.05) is 6.07 Å². The Kier molecular flexibility index (Phi) is 3.23. The lowest BCUT2D eigenvalue weighted by Gasteiger charge is -2.08. The van der Waals surface area contributed by atoms with Crippen molar-refractivity contribution in [3.8, 4) is 0 Å². The summed E-state index contributed by atoms with van der Waals surface area (Å²) >= 11 is 0. The number of halogens is 2. The molecule has 1 aromatic carbocycles. The first kappa shape index (κ1) is 12.7. The number of aromatic nitrogens is 1. The Morgan fingerprint density at radius 1 is 1.21 bits per heavy atom. The average molecular weight is 266 g/mol. The van der Waals surface area contributed by atoms with Crippen LogP contribution in [0.15, 0.2) is 30.3 Å². The van der Waals surface area contributed by atoms with Gasteiger partial charge in [0.05, 0.1) is 4.92 Å². The summed E-state index contributed by atoms with van der Waals surface area (Å²) in [6.07, 6.45) is 0. The second-order valence-electron chi connectivity index (χ2n) is 3.58. The number of hydrogen-bond acceptors (Lipinski definition) is 5. The zero-order valence-electron chi connectivity index (χ0n) is 9.43. The van der Waals surface area contributed by atoms with Gasteiger partial charge in [0.25, 0.3) is 0 Å². The van der Waals surface area contributed by atoms with E-state index in [1.165, 1.54) is 12.1 Å². The molecule has 0 radical (unpaired) electrons. The van der Waals surface area contributed by atoms with E-state index in [0.29, 0.717) is 0 Å². The summed E-state index contributed by atoms with van der Waals surface area (Å²) in [5, 5.41) is 13.0. The van der Waals surface area contributed by atoms with Crippen molar-refractivity contribution in [1.82, 2.24) is 4.98 Å². The van der Waals surface area contributed by atoms with Crippen LogP contribution in [0.3, 0.4) is 0 Å². The number of rotatable bonds is 3. The third-order valence-electron chi connectivity index (χ3n) is 2.30. The second-order valence-corrected chi connectivity index (χ2v) is 3.58. The lowest BCUT2D eigenvalue weighted by molar-refractivity contribution is -0.384. The normalized spacial score (nSPS) is 10.2. The molecule has 2 aromatic rings. The van der Waals surface area contributed by atoms with Crippen LogP contribution in [0, 0.1) is 21.7 Å². The summed E-state index contributed by atoms with van der Waals surface area (Å²) in [4.78, 5) is 13.7. The van der Waals surface area contributed by atoms with E-state index in [1.807, 2.05) is 0 Å². The van der Waals surface area contributed by atoms with E-state index in [1.54, 1.807) is 0 Å². The molecular weight excluding hydrogens is 258 g/mol. The number of hydrogen-bond donors (Lipinski definition) is 2. The second kappa shape index (κ2) is 4.84. The van der Waals surface area contributed by atoms with Crippen LogP contribution in [0.25, 0.3) is 0 Å². The van der Waals surface area contributed by atoms with Crippen molar-refractivity contribution in [2.75, 3.05) is 11.1 Å². The van der Waals surface area contributed by atoms with E-state index in [9.17, 15) is 18.9 Å². The lowest BCUT2D eigenvalue weighted by atomic mass is 10.2. The van der Waals surface area contributed by atoms with Crippen molar-refractivity contribution in [2.24, 2.45) is 0 Å². The maximum Gasteiger partial charge on any atom is 0.311 e. The molecule has 0 saturated heterocycles. The fourth-order valence-corrected chi connectivity index (χ4v) is 1.44. The molecule has 0 amide bonds. The summed E-state index contributed by atoms with van der Waals surface area (Å²) in [6, 6.07) is 5.54. The highest BCUT2D eigenvalue weighted by Crippen LogP contribution is 2.29. The fourth-order valence-electron chi connectivity index (χ4n) is 1.44. The summed E-state index contributed by atoms with van der Waals surface area (Å²) in [6.45, 7) is 0. The van der Waals surface area contributed by atoms with Crippen LogP contribution in [0.2, 0.25) is 0 Å². The molecule has 3 N–H and O–H groups in total. The van der Waals surface area contributed by atoms with Gasteiger partial charge in [0.1, 0.15) is 23.1 Å². The molecule has 0 aliphatic heterocycles. The highest BCUT2D eigenvalue weighted by atomic mass is 19.1. The standard InChI is InChI=1S/C11H8F2N4O2/c12-6-2-1-3-7(13)10(6)16-11-8(17(18)19)4-5-9(14)15-11/h1-5H,(H3,14,15,16). The van der Waals surface area contributed by atoms with Crippen molar-refractivity contribution in [1.29, 1.82) is 0 Å². The predicted octanol–water partition coefficient (Wildman–Crippen LogP) is 2.59. The summed E-state index contributed by atoms with van der Waals surface area (Å²) in [7, 11) is 0. The Morgan fingerprint density at radius 3 is 2.42 bits per heavy atom. The van der Waals surface area contributed by atoms with Gasteiger partial charge in [0.15, 0.2) is 0 Å². The Morgan fingerprint density at radius 2 is 1.84 bits per heavy atom. The van der Waals surface area contributed by atoms with E-state index in [-0.39, 0.29) is 11.6 Å². The monoisotopic (exact) mass is 266 g/mol. The van der Waals surface area contributed by atoms with Gasteiger partial charge in [-0.25, -0.2) is 13.8 Å². The van der Waals surface area contributed by atoms with E-state index in [0.717, 1.165) is 18.2 Å². The largest absolute Gasteiger partial charge is 0.384 e. The van der Waals surface area contributed by atoms with Crippen molar-refractivity contribution in [2.45, 2.75) is 0 Å². The van der Waals surface area contributed by atoms with Crippen molar-refractivity contribution >= 4 is 23.0 Å². The van der Waals surface area contributed by atoms with Gasteiger partial charge in [0.2, 0.25) is 5.82 Å². The number of pyridine rings is 1. The van der Waals surface area contributed by atoms with Crippen molar-refractivity contribution in [3.63, 3.8) is 0 Å². The zero-order valence-corrected chi connectivity index (χ0v) is 9.43. The minimum absolute atomic E-state index is 0.00940. The van der Waals surface area contributed by atoms with Gasteiger partial charge >= 0.3 is 5.69 Å². The minimum atomic E-state index is -0.890. The highest BCUT2D eigenvalue weighted by molar-refractivity contribution is 5.67. The van der Waals surface area contributed by atoms with Gasteiger partial charge < -0.3 is 11.1 Å². The summed E-state index contributed by atoms with van der Waals surface area (Å²) in [5.74, 6) is -2.11. The minimum Gasteiger partial charge on any atom is -0.384 e. The maximum atomic E-state index is 13.4. The molecule has 2 rings (SSSR count). The molecule has 6 nitrogen and oxygen atoms in total. The molecule has 1 aromatic heterocycles. The molecular formula is C11H8F2N4O2. The predicted molar refractivity (Wildman–Crippen MR) is 64.9 cm³/mol. The number of anilines is 3. The SMILES string of the molecule is Nc1ccc([N+](=O)[O-])c(Nc2c(F)cccc2F)n1. The van der Waals surface area contributed by atoms with E-state index in [4.69, 9.17) is 5.73 Å². The number of nitrogens with two attached hydrogens (primary N) is 1. The molecule has 8 heteroatoms. The first-order chi connectivity index (χ1) is 8.99. The third kappa shape index (κ3) is 2.57. The number of nitrogens with zero attached hydrogens (tertiary/aromatic N) is 2. The van der Waals surface area contributed by atoms with Crippen LogP contribution in [-0.4, -0.2) is 9.91 Å². The number of nitrogens with one attached hydrogen (secondary N) is 1. The number of para-hydroxylation sites is 1. The molecule has 19 heavy (non-hydrogen) atoms. The molecule has 0 aliphatic rings. The molecule has 1 heterocycles. The number of nitrogen functional groups attached to an aromatic ring is 1. The van der Waals surface area contributed by atoms with Gasteiger partial charge in [0, 0.05) is 6.07 Å². The van der Waals surface area contributed by atoms with Gasteiger partial charge in [-0.2, -0.15) is 0 Å². The number of nitro groups is 1. The van der Waals surface area contributed by atoms with Crippen LogP contribution in [0.5, 0.6) is 0 Å². The van der Waals surface area contributed by atoms with E-state index in [2.05, 4.69) is 10.3 Å². The van der Waals surface area contributed by atoms with Crippen molar-refractivity contribution in [3.05, 3.63) is 52.1 Å². The maximum absolute atomic E-state index is 13.4. The van der Waals surface area contributed by atoms with Crippen LogP contribution in [0.4, 0.5) is 31.8 Å². The first-order valence-corrected chi connectivity index (χ1v) is 5.11. The topological polar surface area (TPSA) is 94.1 Å². The average Bonchev–Trinajstić information content (AvgIpc) is 2.33. The van der Waals surface area contributed by atoms with E-state index >= 15 is 0 Å². The van der Waals surface area contributed by atoms with Crippen LogP contribution in [0.1, 0.15) is 0 Å². The molecule has 0 spiro atoms. The van der Waals surface area contributed by atoms with Crippen LogP contribution in [-0.2, 0) is 0 Å². The van der Waals surface area contributed by atoms with Crippen molar-refractivity contribution < 1.29 is 13.7 Å². The lowest BCUT2D eigenvalue weighted by Crippen LogP contribution is -2.04. The molecule has 0 atom stereocenters. The summed E-state index contributed by atoms with van der Waals surface area (Å²) < 4.78 is 26.9. The molecule has 0 unspecified atom stereocenters. The number of benzene rings is 1. The summed E-state index contributed by atoms with van der Waals surface area (Å²) in [5.41, 5.74) is 4.44. The molecule has 0 bridgehead atoms.